The summed E-state index contributed by atoms with van der Waals surface area (Å²) in [5, 5.41) is 18.3. The third-order valence-electron chi connectivity index (χ3n) is 4.84. The van der Waals surface area contributed by atoms with E-state index in [9.17, 15) is 14.3 Å². The van der Waals surface area contributed by atoms with E-state index in [2.05, 4.69) is 30.4 Å². The minimum Gasteiger partial charge on any atom is -0.493 e. The van der Waals surface area contributed by atoms with E-state index in [4.69, 9.17) is 11.6 Å². The number of imidazole rings is 1. The number of H-pyrrole nitrogens is 2. The van der Waals surface area contributed by atoms with Gasteiger partial charge in [0.2, 0.25) is 5.88 Å². The van der Waals surface area contributed by atoms with Crippen LogP contribution in [-0.2, 0) is 6.54 Å². The van der Waals surface area contributed by atoms with Gasteiger partial charge in [-0.1, -0.05) is 11.6 Å². The largest absolute Gasteiger partial charge is 0.493 e. The summed E-state index contributed by atoms with van der Waals surface area (Å²) in [6.45, 7) is 0.178. The third kappa shape index (κ3) is 4.02. The van der Waals surface area contributed by atoms with Crippen LogP contribution in [0.15, 0.2) is 40.2 Å². The molecular weight excluding hydrogens is 425 g/mol. The topological polar surface area (TPSA) is 123 Å². The zero-order valence-electron chi connectivity index (χ0n) is 16.1. The van der Waals surface area contributed by atoms with Crippen molar-refractivity contribution in [3.63, 3.8) is 0 Å². The summed E-state index contributed by atoms with van der Waals surface area (Å²) < 4.78 is 15.7. The Morgan fingerprint density at radius 2 is 2.19 bits per heavy atom. The van der Waals surface area contributed by atoms with Crippen molar-refractivity contribution in [3.05, 3.63) is 73.8 Å². The average molecular weight is 442 g/mol. The van der Waals surface area contributed by atoms with Crippen molar-refractivity contribution in [3.8, 4) is 5.88 Å². The normalized spacial score (nSPS) is 15.2. The molecule has 1 aromatic carbocycles. The molecule has 1 aliphatic carbocycles. The third-order valence-corrected chi connectivity index (χ3v) is 5.08. The number of nitrogens with zero attached hydrogens (tertiary/aromatic N) is 4. The minimum absolute atomic E-state index is 0.178. The molecule has 4 aromatic rings. The van der Waals surface area contributed by atoms with Crippen LogP contribution < -0.4 is 21.7 Å². The Morgan fingerprint density at radius 3 is 2.94 bits per heavy atom. The molecule has 0 radical (unpaired) electrons. The van der Waals surface area contributed by atoms with Crippen LogP contribution in [0.1, 0.15) is 24.1 Å². The number of anilines is 1. The highest BCUT2D eigenvalue weighted by Crippen LogP contribution is 2.22. The van der Waals surface area contributed by atoms with Gasteiger partial charge in [0, 0.05) is 28.4 Å². The lowest BCUT2D eigenvalue weighted by Gasteiger charge is -2.08. The van der Waals surface area contributed by atoms with Crippen molar-refractivity contribution in [2.45, 2.75) is 25.4 Å². The molecule has 1 aliphatic rings. The lowest BCUT2D eigenvalue weighted by atomic mass is 10.2. The van der Waals surface area contributed by atoms with Gasteiger partial charge in [0.05, 0.1) is 12.2 Å². The second-order valence-corrected chi connectivity index (χ2v) is 7.71. The van der Waals surface area contributed by atoms with E-state index in [0.29, 0.717) is 32.8 Å². The molecule has 0 atom stereocenters. The van der Waals surface area contributed by atoms with E-state index in [1.807, 2.05) is 0 Å². The quantitative estimate of drug-likeness (QED) is 0.373. The molecule has 3 aromatic heterocycles. The maximum Gasteiger partial charge on any atom is 0.326 e. The maximum atomic E-state index is 14.1. The Morgan fingerprint density at radius 1 is 1.35 bits per heavy atom. The van der Waals surface area contributed by atoms with Crippen molar-refractivity contribution in [1.82, 2.24) is 24.6 Å². The first-order chi connectivity index (χ1) is 15.0. The molecule has 0 spiro atoms. The lowest BCUT2D eigenvalue weighted by molar-refractivity contribution is 0.454. The highest BCUT2D eigenvalue weighted by molar-refractivity contribution is 6.30. The van der Waals surface area contributed by atoms with Gasteiger partial charge in [-0.05, 0) is 37.1 Å². The second kappa shape index (κ2) is 7.55. The molecule has 0 saturated heterocycles. The number of aromatic hydroxyl groups is 1. The summed E-state index contributed by atoms with van der Waals surface area (Å²) in [5.41, 5.74) is 1.17. The fourth-order valence-electron chi connectivity index (χ4n) is 3.15. The number of rotatable bonds is 5. The summed E-state index contributed by atoms with van der Waals surface area (Å²) in [7, 11) is 0. The molecule has 0 unspecified atom stereocenters. The van der Waals surface area contributed by atoms with Crippen LogP contribution in [0, 0.1) is 5.82 Å². The monoisotopic (exact) mass is 441 g/mol. The van der Waals surface area contributed by atoms with Crippen molar-refractivity contribution in [2.75, 3.05) is 5.32 Å². The molecule has 4 N–H and O–H groups in total. The van der Waals surface area contributed by atoms with Gasteiger partial charge < -0.3 is 15.4 Å². The van der Waals surface area contributed by atoms with Gasteiger partial charge in [-0.15, -0.1) is 0 Å². The lowest BCUT2D eigenvalue weighted by Crippen LogP contribution is -2.20. The first-order valence-electron chi connectivity index (χ1n) is 9.60. The highest BCUT2D eigenvalue weighted by Gasteiger charge is 2.20. The van der Waals surface area contributed by atoms with Gasteiger partial charge in [0.15, 0.2) is 11.1 Å². The van der Waals surface area contributed by atoms with Gasteiger partial charge in [0.25, 0.3) is 0 Å². The fraction of sp³-hybridized carbons (Fsp3) is 0.200. The van der Waals surface area contributed by atoms with Gasteiger partial charge in [-0.2, -0.15) is 9.61 Å². The van der Waals surface area contributed by atoms with Gasteiger partial charge >= 0.3 is 5.69 Å². The fourth-order valence-corrected chi connectivity index (χ4v) is 3.35. The maximum absolute atomic E-state index is 14.1. The van der Waals surface area contributed by atoms with Crippen molar-refractivity contribution in [2.24, 2.45) is 4.99 Å². The van der Waals surface area contributed by atoms with Gasteiger partial charge in [0.1, 0.15) is 17.3 Å². The molecule has 9 nitrogen and oxygen atoms in total. The van der Waals surface area contributed by atoms with Crippen LogP contribution in [0.25, 0.3) is 11.7 Å². The molecule has 0 amide bonds. The molecule has 1 saturated carbocycles. The summed E-state index contributed by atoms with van der Waals surface area (Å²) >= 11 is 5.97. The molecule has 1 fully saturated rings. The number of aromatic nitrogens is 5. The minimum atomic E-state index is -0.525. The number of fused-ring (bicyclic) bond motifs is 1. The predicted molar refractivity (Wildman–Crippen MR) is 112 cm³/mol. The SMILES string of the molecule is O=c1[nH]c(O)c(/C=c2\cnn3c(=NC4CC4)cc(NCc4cc(Cl)ccc4F)nc23)[nH]1. The second-order valence-electron chi connectivity index (χ2n) is 7.27. The van der Waals surface area contributed by atoms with Crippen molar-refractivity contribution < 1.29 is 9.50 Å². The predicted octanol–water partition coefficient (Wildman–Crippen LogP) is 1.47. The summed E-state index contributed by atoms with van der Waals surface area (Å²) in [5.74, 6) is -0.169. The first kappa shape index (κ1) is 19.3. The van der Waals surface area contributed by atoms with E-state index in [0.717, 1.165) is 12.8 Å². The Balaban J connectivity index is 1.59. The van der Waals surface area contributed by atoms with Crippen LogP contribution in [0.4, 0.5) is 10.2 Å². The Kier molecular flexibility index (Phi) is 4.70. The van der Waals surface area contributed by atoms with Crippen LogP contribution >= 0.6 is 11.6 Å². The van der Waals surface area contributed by atoms with Crippen molar-refractivity contribution in [1.29, 1.82) is 0 Å². The molecule has 31 heavy (non-hydrogen) atoms. The van der Waals surface area contributed by atoms with E-state index in [1.54, 1.807) is 28.9 Å². The van der Waals surface area contributed by atoms with Crippen LogP contribution in [-0.4, -0.2) is 35.7 Å². The zero-order chi connectivity index (χ0) is 21.5. The molecule has 158 valence electrons. The molecule has 5 rings (SSSR count). The van der Waals surface area contributed by atoms with E-state index in [-0.39, 0.29) is 30.0 Å². The molecule has 0 bridgehead atoms. The number of benzene rings is 1. The summed E-state index contributed by atoms with van der Waals surface area (Å²) in [4.78, 5) is 25.5. The number of hydrogen-bond acceptors (Lipinski definition) is 6. The summed E-state index contributed by atoms with van der Waals surface area (Å²) in [6, 6.07) is 6.36. The van der Waals surface area contributed by atoms with Crippen LogP contribution in [0.2, 0.25) is 5.02 Å². The van der Waals surface area contributed by atoms with E-state index < -0.39 is 5.69 Å². The highest BCUT2D eigenvalue weighted by atomic mass is 35.5. The van der Waals surface area contributed by atoms with Crippen LogP contribution in [0.3, 0.4) is 0 Å². The number of hydrogen-bond donors (Lipinski definition) is 4. The average Bonchev–Trinajstić information content (AvgIpc) is 3.37. The smallest absolute Gasteiger partial charge is 0.326 e. The summed E-state index contributed by atoms with van der Waals surface area (Å²) in [6.07, 6.45) is 5.15. The number of aromatic amines is 2. The Labute approximate surface area is 178 Å². The Hall–Kier alpha value is -3.66. The number of nitrogens with one attached hydrogen (secondary N) is 3. The standard InChI is InChI=1S/C20H17ClFN7O2/c21-12-1-4-14(22)10(5-12)8-23-16-7-17(25-13-2-3-13)29-18(27-16)11(9-24-29)6-15-19(30)28-20(31)26-15/h1,4-7,9,13,23,30H,2-3,8H2,(H2,26,28,31)/b11-6+,25-17?. The number of halogens is 2. The zero-order valence-corrected chi connectivity index (χ0v) is 16.8. The molecule has 11 heteroatoms. The van der Waals surface area contributed by atoms with Crippen LogP contribution in [0.5, 0.6) is 5.88 Å². The molecular formula is C20H17ClFN7O2. The van der Waals surface area contributed by atoms with E-state index in [1.165, 1.54) is 12.1 Å². The first-order valence-corrected chi connectivity index (χ1v) is 9.97. The van der Waals surface area contributed by atoms with Gasteiger partial charge in [-0.3, -0.25) is 9.98 Å². The molecule has 3 heterocycles. The van der Waals surface area contributed by atoms with E-state index >= 15 is 0 Å². The molecule has 0 aliphatic heterocycles. The van der Waals surface area contributed by atoms with Gasteiger partial charge in [-0.25, -0.2) is 14.2 Å². The van der Waals surface area contributed by atoms with Crippen molar-refractivity contribution >= 4 is 29.1 Å². The Bertz CT molecular complexity index is 1470.